The predicted molar refractivity (Wildman–Crippen MR) is 90.9 cm³/mol. The number of ether oxygens (including phenoxy) is 1. The highest BCUT2D eigenvalue weighted by atomic mass is 79.9. The first-order valence-electron chi connectivity index (χ1n) is 6.28. The molecule has 2 aromatic carbocycles. The van der Waals surface area contributed by atoms with Gasteiger partial charge in [-0.25, -0.2) is 0 Å². The smallest absolute Gasteiger partial charge is 0.128 e. The number of nitrogens with zero attached hydrogens (tertiary/aromatic N) is 1. The van der Waals surface area contributed by atoms with Crippen LogP contribution >= 0.6 is 27.5 Å². The number of fused-ring (bicyclic) bond motifs is 1. The van der Waals surface area contributed by atoms with E-state index in [9.17, 15) is 0 Å². The van der Waals surface area contributed by atoms with Gasteiger partial charge in [0.2, 0.25) is 0 Å². The Morgan fingerprint density at radius 3 is 2.76 bits per heavy atom. The molecule has 0 bridgehead atoms. The fraction of sp³-hybridized carbons (Fsp3) is 0.0625. The van der Waals surface area contributed by atoms with Crippen molar-refractivity contribution in [2.45, 2.75) is 0 Å². The van der Waals surface area contributed by atoms with Crippen LogP contribution in [-0.2, 0) is 0 Å². The summed E-state index contributed by atoms with van der Waals surface area (Å²) in [5, 5.41) is 1.61. The molecule has 0 amide bonds. The van der Waals surface area contributed by atoms with Gasteiger partial charge in [-0.1, -0.05) is 33.6 Å². The fourth-order valence-electron chi connectivity index (χ4n) is 2.34. The van der Waals surface area contributed by atoms with Crippen molar-refractivity contribution in [3.05, 3.63) is 52.1 Å². The Morgan fingerprint density at radius 2 is 2.05 bits per heavy atom. The first kappa shape index (κ1) is 14.2. The van der Waals surface area contributed by atoms with Crippen LogP contribution in [0.5, 0.6) is 5.75 Å². The standard InChI is InChI=1S/C16H12BrClN2O/c1-21-15-8-14-9(3-2-4-20-14)5-11(15)16-12(17)6-10(18)7-13(16)19/h2-8H,19H2,1H3. The van der Waals surface area contributed by atoms with Crippen LogP contribution in [0.4, 0.5) is 5.69 Å². The van der Waals surface area contributed by atoms with Crippen molar-refractivity contribution in [3.63, 3.8) is 0 Å². The molecule has 0 fully saturated rings. The average molecular weight is 364 g/mol. The van der Waals surface area contributed by atoms with Crippen molar-refractivity contribution < 1.29 is 4.74 Å². The van der Waals surface area contributed by atoms with Gasteiger partial charge in [0, 0.05) is 44.0 Å². The number of nitrogens with two attached hydrogens (primary N) is 1. The lowest BCUT2D eigenvalue weighted by molar-refractivity contribution is 0.417. The van der Waals surface area contributed by atoms with Gasteiger partial charge in [0.15, 0.2) is 0 Å². The van der Waals surface area contributed by atoms with Gasteiger partial charge in [0.05, 0.1) is 12.6 Å². The van der Waals surface area contributed by atoms with Crippen LogP contribution in [-0.4, -0.2) is 12.1 Å². The van der Waals surface area contributed by atoms with Crippen molar-refractivity contribution in [3.8, 4) is 16.9 Å². The van der Waals surface area contributed by atoms with E-state index >= 15 is 0 Å². The number of nitrogen functional groups attached to an aromatic ring is 1. The molecule has 0 aliphatic rings. The number of anilines is 1. The molecule has 0 saturated carbocycles. The van der Waals surface area contributed by atoms with Crippen LogP contribution in [0.15, 0.2) is 47.1 Å². The Morgan fingerprint density at radius 1 is 1.24 bits per heavy atom. The number of methoxy groups -OCH3 is 1. The lowest BCUT2D eigenvalue weighted by Gasteiger charge is -2.14. The Labute approximate surface area is 135 Å². The molecule has 21 heavy (non-hydrogen) atoms. The highest BCUT2D eigenvalue weighted by molar-refractivity contribution is 9.10. The number of benzene rings is 2. The first-order chi connectivity index (χ1) is 10.1. The summed E-state index contributed by atoms with van der Waals surface area (Å²) < 4.78 is 6.33. The van der Waals surface area contributed by atoms with Crippen molar-refractivity contribution in [2.24, 2.45) is 0 Å². The van der Waals surface area contributed by atoms with E-state index in [1.165, 1.54) is 0 Å². The van der Waals surface area contributed by atoms with Gasteiger partial charge in [-0.15, -0.1) is 0 Å². The fourth-order valence-corrected chi connectivity index (χ4v) is 3.39. The van der Waals surface area contributed by atoms with Crippen molar-refractivity contribution in [1.82, 2.24) is 4.98 Å². The van der Waals surface area contributed by atoms with E-state index in [2.05, 4.69) is 20.9 Å². The zero-order valence-corrected chi connectivity index (χ0v) is 13.6. The first-order valence-corrected chi connectivity index (χ1v) is 7.45. The molecule has 0 radical (unpaired) electrons. The van der Waals surface area contributed by atoms with Crippen molar-refractivity contribution >= 4 is 44.1 Å². The van der Waals surface area contributed by atoms with Crippen LogP contribution < -0.4 is 10.5 Å². The lowest BCUT2D eigenvalue weighted by atomic mass is 10.0. The maximum absolute atomic E-state index is 6.14. The zero-order chi connectivity index (χ0) is 15.0. The molecular formula is C16H12BrClN2O. The van der Waals surface area contributed by atoms with E-state index in [0.717, 1.165) is 32.3 Å². The normalized spacial score (nSPS) is 10.8. The molecule has 2 N–H and O–H groups in total. The molecular weight excluding hydrogens is 352 g/mol. The minimum absolute atomic E-state index is 0.588. The number of hydrogen-bond donors (Lipinski definition) is 1. The van der Waals surface area contributed by atoms with Crippen LogP contribution in [0, 0.1) is 0 Å². The van der Waals surface area contributed by atoms with Gasteiger partial charge in [-0.2, -0.15) is 0 Å². The largest absolute Gasteiger partial charge is 0.496 e. The Bertz CT molecular complexity index is 813. The molecule has 0 saturated heterocycles. The Hall–Kier alpha value is -1.78. The van der Waals surface area contributed by atoms with Crippen LogP contribution in [0.25, 0.3) is 22.0 Å². The Kier molecular flexibility index (Phi) is 3.74. The minimum Gasteiger partial charge on any atom is -0.496 e. The SMILES string of the molecule is COc1cc2ncccc2cc1-c1c(N)cc(Cl)cc1Br. The summed E-state index contributed by atoms with van der Waals surface area (Å²) in [5.41, 5.74) is 9.37. The number of rotatable bonds is 2. The van der Waals surface area contributed by atoms with E-state index in [-0.39, 0.29) is 0 Å². The third-order valence-electron chi connectivity index (χ3n) is 3.28. The summed E-state index contributed by atoms with van der Waals surface area (Å²) in [5.74, 6) is 0.718. The predicted octanol–water partition coefficient (Wildman–Crippen LogP) is 4.91. The molecule has 1 heterocycles. The van der Waals surface area contributed by atoms with E-state index in [0.29, 0.717) is 10.7 Å². The van der Waals surface area contributed by atoms with Gasteiger partial charge in [-0.3, -0.25) is 4.98 Å². The number of aromatic nitrogens is 1. The summed E-state index contributed by atoms with van der Waals surface area (Å²) in [6.07, 6.45) is 1.76. The molecule has 3 rings (SSSR count). The third kappa shape index (κ3) is 2.57. The topological polar surface area (TPSA) is 48.1 Å². The second kappa shape index (κ2) is 5.54. The van der Waals surface area contributed by atoms with E-state index < -0.39 is 0 Å². The molecule has 0 aliphatic carbocycles. The summed E-state index contributed by atoms with van der Waals surface area (Å²) in [4.78, 5) is 4.34. The number of hydrogen-bond acceptors (Lipinski definition) is 3. The monoisotopic (exact) mass is 362 g/mol. The van der Waals surface area contributed by atoms with E-state index in [1.807, 2.05) is 30.3 Å². The minimum atomic E-state index is 0.588. The second-order valence-electron chi connectivity index (χ2n) is 4.60. The van der Waals surface area contributed by atoms with Gasteiger partial charge in [-0.05, 0) is 24.3 Å². The molecule has 1 aromatic heterocycles. The van der Waals surface area contributed by atoms with Gasteiger partial charge >= 0.3 is 0 Å². The molecule has 0 aliphatic heterocycles. The molecule has 106 valence electrons. The maximum atomic E-state index is 6.14. The summed E-state index contributed by atoms with van der Waals surface area (Å²) in [6, 6.07) is 11.4. The van der Waals surface area contributed by atoms with Crippen molar-refractivity contribution in [1.29, 1.82) is 0 Å². The molecule has 0 atom stereocenters. The maximum Gasteiger partial charge on any atom is 0.128 e. The summed E-state index contributed by atoms with van der Waals surface area (Å²) in [7, 11) is 1.63. The van der Waals surface area contributed by atoms with Crippen LogP contribution in [0.2, 0.25) is 5.02 Å². The molecule has 3 nitrogen and oxygen atoms in total. The molecule has 5 heteroatoms. The lowest BCUT2D eigenvalue weighted by Crippen LogP contribution is -1.95. The summed E-state index contributed by atoms with van der Waals surface area (Å²) in [6.45, 7) is 0. The quantitative estimate of drug-likeness (QED) is 0.658. The number of halogens is 2. The highest BCUT2D eigenvalue weighted by Gasteiger charge is 2.15. The van der Waals surface area contributed by atoms with Gasteiger partial charge in [0.25, 0.3) is 0 Å². The highest BCUT2D eigenvalue weighted by Crippen LogP contribution is 2.42. The Balaban J connectivity index is 2.34. The second-order valence-corrected chi connectivity index (χ2v) is 5.89. The van der Waals surface area contributed by atoms with E-state index in [4.69, 9.17) is 22.1 Å². The van der Waals surface area contributed by atoms with Crippen molar-refractivity contribution in [2.75, 3.05) is 12.8 Å². The van der Waals surface area contributed by atoms with Crippen LogP contribution in [0.1, 0.15) is 0 Å². The molecule has 0 spiro atoms. The van der Waals surface area contributed by atoms with E-state index in [1.54, 1.807) is 19.4 Å². The summed E-state index contributed by atoms with van der Waals surface area (Å²) >= 11 is 9.55. The van der Waals surface area contributed by atoms with Gasteiger partial charge < -0.3 is 10.5 Å². The molecule has 3 aromatic rings. The number of pyridine rings is 1. The van der Waals surface area contributed by atoms with Gasteiger partial charge in [0.1, 0.15) is 5.75 Å². The molecule has 0 unspecified atom stereocenters. The van der Waals surface area contributed by atoms with Crippen LogP contribution in [0.3, 0.4) is 0 Å². The third-order valence-corrected chi connectivity index (χ3v) is 4.12. The average Bonchev–Trinajstić information content (AvgIpc) is 2.45. The zero-order valence-electron chi connectivity index (χ0n) is 11.2.